The molecule has 2 aromatic rings. The third kappa shape index (κ3) is 3.18. The first kappa shape index (κ1) is 15.5. The smallest absolute Gasteiger partial charge is 0.345 e. The summed E-state index contributed by atoms with van der Waals surface area (Å²) in [4.78, 5) is 28.7. The molecule has 1 N–H and O–H groups in total. The summed E-state index contributed by atoms with van der Waals surface area (Å²) in [6.45, 7) is 4.34. The number of aryl methyl sites for hydroxylation is 4. The van der Waals surface area contributed by atoms with E-state index in [0.717, 1.165) is 30.1 Å². The normalized spacial score (nSPS) is 17.4. The number of carbonyl (C=O) groups excluding carboxylic acids is 1. The molecule has 0 fully saturated rings. The molecule has 1 unspecified atom stereocenters. The number of hydrogen-bond donors (Lipinski definition) is 1. The van der Waals surface area contributed by atoms with Crippen LogP contribution in [0.3, 0.4) is 0 Å². The molecule has 0 spiro atoms. The summed E-state index contributed by atoms with van der Waals surface area (Å²) in [5, 5.41) is 7.32. The molecule has 23 heavy (non-hydrogen) atoms. The van der Waals surface area contributed by atoms with Gasteiger partial charge in [-0.05, 0) is 38.8 Å². The predicted octanol–water partition coefficient (Wildman–Crippen LogP) is 0.729. The highest BCUT2D eigenvalue weighted by Crippen LogP contribution is 2.13. The van der Waals surface area contributed by atoms with Crippen LogP contribution in [0.1, 0.15) is 40.4 Å². The Morgan fingerprint density at radius 2 is 1.96 bits per heavy atom. The topological polar surface area (TPSA) is 81.8 Å². The molecule has 122 valence electrons. The predicted molar refractivity (Wildman–Crippen MR) is 85.4 cm³/mol. The molecule has 1 amide bonds. The van der Waals surface area contributed by atoms with Crippen LogP contribution in [0.25, 0.3) is 0 Å². The monoisotopic (exact) mass is 315 g/mol. The first-order chi connectivity index (χ1) is 10.9. The summed E-state index contributed by atoms with van der Waals surface area (Å²) in [7, 11) is 1.66. The lowest BCUT2D eigenvalue weighted by Gasteiger charge is -2.16. The molecule has 1 aliphatic heterocycles. The minimum atomic E-state index is -0.0904. The molecule has 0 aromatic carbocycles. The van der Waals surface area contributed by atoms with E-state index < -0.39 is 0 Å². The fourth-order valence-electron chi connectivity index (χ4n) is 3.08. The number of rotatable bonds is 2. The SMILES string of the molecule is Cc1cc(C(=O)NC2CCc3nn(C)c(=O)n3CC2)cc(C)n1. The number of fused-ring (bicyclic) bond motifs is 1. The van der Waals surface area contributed by atoms with E-state index in [-0.39, 0.29) is 17.6 Å². The van der Waals surface area contributed by atoms with Gasteiger partial charge in [0.15, 0.2) is 0 Å². The van der Waals surface area contributed by atoms with E-state index in [9.17, 15) is 9.59 Å². The molecular formula is C16H21N5O2. The molecule has 0 bridgehead atoms. The molecule has 7 heteroatoms. The molecule has 0 radical (unpaired) electrons. The molecule has 1 atom stereocenters. The van der Waals surface area contributed by atoms with E-state index in [2.05, 4.69) is 15.4 Å². The van der Waals surface area contributed by atoms with Crippen molar-refractivity contribution in [1.29, 1.82) is 0 Å². The van der Waals surface area contributed by atoms with Crippen LogP contribution < -0.4 is 11.0 Å². The van der Waals surface area contributed by atoms with Gasteiger partial charge in [-0.1, -0.05) is 0 Å². The standard InChI is InChI=1S/C16H21N5O2/c1-10-8-12(9-11(2)17-10)15(22)18-13-4-5-14-19-20(3)16(23)21(14)7-6-13/h8-9,13H,4-7H2,1-3H3,(H,18,22). The van der Waals surface area contributed by atoms with Crippen molar-refractivity contribution < 1.29 is 4.79 Å². The maximum Gasteiger partial charge on any atom is 0.345 e. The van der Waals surface area contributed by atoms with Crippen LogP contribution in [0.4, 0.5) is 0 Å². The molecule has 1 aliphatic rings. The summed E-state index contributed by atoms with van der Waals surface area (Å²) in [6.07, 6.45) is 2.20. The number of hydrogen-bond acceptors (Lipinski definition) is 4. The number of amides is 1. The molecule has 0 saturated heterocycles. The Morgan fingerprint density at radius 3 is 2.65 bits per heavy atom. The Labute approximate surface area is 134 Å². The minimum absolute atomic E-state index is 0.0442. The summed E-state index contributed by atoms with van der Waals surface area (Å²) >= 11 is 0. The van der Waals surface area contributed by atoms with Crippen molar-refractivity contribution in [2.24, 2.45) is 7.05 Å². The first-order valence-corrected chi connectivity index (χ1v) is 7.83. The van der Waals surface area contributed by atoms with Crippen LogP contribution in [-0.4, -0.2) is 31.3 Å². The highest BCUT2D eigenvalue weighted by atomic mass is 16.2. The second kappa shape index (κ2) is 5.98. The van der Waals surface area contributed by atoms with Crippen LogP contribution in [-0.2, 0) is 20.0 Å². The molecule has 2 aromatic heterocycles. The quantitative estimate of drug-likeness (QED) is 0.886. The number of aromatic nitrogens is 4. The van der Waals surface area contributed by atoms with Gasteiger partial charge < -0.3 is 5.32 Å². The summed E-state index contributed by atoms with van der Waals surface area (Å²) in [6, 6.07) is 3.63. The Bertz CT molecular complexity index is 785. The molecule has 0 saturated carbocycles. The lowest BCUT2D eigenvalue weighted by atomic mass is 10.1. The van der Waals surface area contributed by atoms with Gasteiger partial charge in [0, 0.05) is 43.0 Å². The Kier molecular flexibility index (Phi) is 4.02. The number of pyridine rings is 1. The Morgan fingerprint density at radius 1 is 1.26 bits per heavy atom. The average molecular weight is 315 g/mol. The van der Waals surface area contributed by atoms with Crippen molar-refractivity contribution in [3.63, 3.8) is 0 Å². The molecule has 3 rings (SSSR count). The Balaban J connectivity index is 1.70. The number of nitrogens with one attached hydrogen (secondary N) is 1. The third-order valence-electron chi connectivity index (χ3n) is 4.18. The zero-order valence-electron chi connectivity index (χ0n) is 13.7. The van der Waals surface area contributed by atoms with Gasteiger partial charge in [-0.15, -0.1) is 0 Å². The van der Waals surface area contributed by atoms with Gasteiger partial charge in [0.25, 0.3) is 5.91 Å². The van der Waals surface area contributed by atoms with Crippen LogP contribution in [0, 0.1) is 13.8 Å². The number of nitrogens with zero attached hydrogens (tertiary/aromatic N) is 4. The van der Waals surface area contributed by atoms with Gasteiger partial charge in [0.1, 0.15) is 5.82 Å². The largest absolute Gasteiger partial charge is 0.349 e. The second-order valence-electron chi connectivity index (χ2n) is 6.11. The summed E-state index contributed by atoms with van der Waals surface area (Å²) in [5.41, 5.74) is 2.21. The van der Waals surface area contributed by atoms with E-state index in [0.29, 0.717) is 18.5 Å². The van der Waals surface area contributed by atoms with Gasteiger partial charge in [-0.25, -0.2) is 9.48 Å². The van der Waals surface area contributed by atoms with Crippen molar-refractivity contribution in [3.05, 3.63) is 45.4 Å². The lowest BCUT2D eigenvalue weighted by molar-refractivity contribution is 0.0932. The summed E-state index contributed by atoms with van der Waals surface area (Å²) in [5.74, 6) is 0.709. The zero-order valence-corrected chi connectivity index (χ0v) is 13.7. The van der Waals surface area contributed by atoms with Crippen molar-refractivity contribution in [3.8, 4) is 0 Å². The molecule has 0 aliphatic carbocycles. The van der Waals surface area contributed by atoms with E-state index in [4.69, 9.17) is 0 Å². The fourth-order valence-corrected chi connectivity index (χ4v) is 3.08. The zero-order chi connectivity index (χ0) is 16.6. The number of carbonyl (C=O) groups is 1. The summed E-state index contributed by atoms with van der Waals surface area (Å²) < 4.78 is 3.07. The highest BCUT2D eigenvalue weighted by Gasteiger charge is 2.21. The molecule has 7 nitrogen and oxygen atoms in total. The van der Waals surface area contributed by atoms with Crippen LogP contribution in [0.5, 0.6) is 0 Å². The second-order valence-corrected chi connectivity index (χ2v) is 6.11. The maximum absolute atomic E-state index is 12.4. The van der Waals surface area contributed by atoms with Crippen molar-refractivity contribution >= 4 is 5.91 Å². The average Bonchev–Trinajstić information content (AvgIpc) is 2.65. The van der Waals surface area contributed by atoms with Crippen molar-refractivity contribution in [1.82, 2.24) is 24.6 Å². The maximum atomic E-state index is 12.4. The lowest BCUT2D eigenvalue weighted by Crippen LogP contribution is -2.35. The fraction of sp³-hybridized carbons (Fsp3) is 0.500. The van der Waals surface area contributed by atoms with Crippen molar-refractivity contribution in [2.45, 2.75) is 45.7 Å². The minimum Gasteiger partial charge on any atom is -0.349 e. The van der Waals surface area contributed by atoms with Gasteiger partial charge >= 0.3 is 5.69 Å². The van der Waals surface area contributed by atoms with E-state index in [1.165, 1.54) is 4.68 Å². The van der Waals surface area contributed by atoms with E-state index >= 15 is 0 Å². The third-order valence-corrected chi connectivity index (χ3v) is 4.18. The van der Waals surface area contributed by atoms with E-state index in [1.807, 2.05) is 13.8 Å². The van der Waals surface area contributed by atoms with Gasteiger partial charge in [0.2, 0.25) is 0 Å². The van der Waals surface area contributed by atoms with Crippen LogP contribution in [0.2, 0.25) is 0 Å². The van der Waals surface area contributed by atoms with Gasteiger partial charge in [-0.3, -0.25) is 14.3 Å². The van der Waals surface area contributed by atoms with Gasteiger partial charge in [0.05, 0.1) is 0 Å². The Hall–Kier alpha value is -2.44. The molecule has 3 heterocycles. The van der Waals surface area contributed by atoms with Gasteiger partial charge in [-0.2, -0.15) is 5.10 Å². The highest BCUT2D eigenvalue weighted by molar-refractivity contribution is 5.94. The van der Waals surface area contributed by atoms with Crippen molar-refractivity contribution in [2.75, 3.05) is 0 Å². The first-order valence-electron chi connectivity index (χ1n) is 7.83. The molecular weight excluding hydrogens is 294 g/mol. The van der Waals surface area contributed by atoms with E-state index in [1.54, 1.807) is 23.7 Å². The van der Waals surface area contributed by atoms with Crippen LogP contribution >= 0.6 is 0 Å². The van der Waals surface area contributed by atoms with Crippen LogP contribution in [0.15, 0.2) is 16.9 Å².